The molecule has 0 aromatic heterocycles. The molecule has 2 rings (SSSR count). The van der Waals surface area contributed by atoms with Crippen LogP contribution in [-0.4, -0.2) is 30.6 Å². The maximum Gasteiger partial charge on any atom is 0.411 e. The Kier molecular flexibility index (Phi) is 8.61. The first-order valence-corrected chi connectivity index (χ1v) is 9.26. The second-order valence-corrected chi connectivity index (χ2v) is 6.62. The molecule has 2 aromatic carbocycles. The van der Waals surface area contributed by atoms with Crippen molar-refractivity contribution >= 4 is 17.9 Å². The van der Waals surface area contributed by atoms with Crippen LogP contribution in [0.15, 0.2) is 60.7 Å². The van der Waals surface area contributed by atoms with Gasteiger partial charge in [-0.3, -0.25) is 9.59 Å². The summed E-state index contributed by atoms with van der Waals surface area (Å²) in [6, 6.07) is 15.2. The lowest BCUT2D eigenvalue weighted by molar-refractivity contribution is -0.176. The van der Waals surface area contributed by atoms with Gasteiger partial charge < -0.3 is 15.4 Å². The molecule has 0 heterocycles. The molecule has 0 saturated carbocycles. The average molecular weight is 420 g/mol. The van der Waals surface area contributed by atoms with Gasteiger partial charge in [-0.1, -0.05) is 54.6 Å². The topological polar surface area (TPSA) is 67.4 Å². The number of hydrogen-bond donors (Lipinski definition) is 2. The molecule has 0 aliphatic rings. The fourth-order valence-electron chi connectivity index (χ4n) is 2.44. The van der Waals surface area contributed by atoms with Gasteiger partial charge in [-0.15, -0.1) is 0 Å². The molecule has 0 saturated heterocycles. The number of alkyl halides is 3. The Morgan fingerprint density at radius 3 is 2.30 bits per heavy atom. The van der Waals surface area contributed by atoms with Gasteiger partial charge in [-0.25, -0.2) is 0 Å². The quantitative estimate of drug-likeness (QED) is 0.609. The first-order valence-electron chi connectivity index (χ1n) is 9.26. The summed E-state index contributed by atoms with van der Waals surface area (Å²) in [7, 11) is 0. The van der Waals surface area contributed by atoms with E-state index in [0.29, 0.717) is 5.56 Å². The van der Waals surface area contributed by atoms with Crippen LogP contribution < -0.4 is 10.6 Å². The Morgan fingerprint density at radius 1 is 1.03 bits per heavy atom. The number of ether oxygens (including phenoxy) is 1. The van der Waals surface area contributed by atoms with Crippen LogP contribution in [-0.2, 0) is 27.5 Å². The largest absolute Gasteiger partial charge is 0.411 e. The summed E-state index contributed by atoms with van der Waals surface area (Å²) in [5.41, 5.74) is 2.24. The molecule has 1 unspecified atom stereocenters. The third kappa shape index (κ3) is 8.91. The Bertz CT molecular complexity index is 850. The number of carbonyl (C=O) groups excluding carboxylic acids is 2. The molecule has 8 heteroatoms. The molecule has 160 valence electrons. The first-order chi connectivity index (χ1) is 14.2. The highest BCUT2D eigenvalue weighted by molar-refractivity contribution is 5.95. The van der Waals surface area contributed by atoms with Gasteiger partial charge in [-0.2, -0.15) is 13.2 Å². The van der Waals surface area contributed by atoms with Crippen LogP contribution in [0.4, 0.5) is 13.2 Å². The van der Waals surface area contributed by atoms with E-state index in [1.165, 1.54) is 6.08 Å². The monoisotopic (exact) mass is 420 g/mol. The fraction of sp³-hybridized carbons (Fsp3) is 0.273. The van der Waals surface area contributed by atoms with E-state index >= 15 is 0 Å². The van der Waals surface area contributed by atoms with Crippen LogP contribution in [0.2, 0.25) is 0 Å². The van der Waals surface area contributed by atoms with Crippen LogP contribution in [0.3, 0.4) is 0 Å². The van der Waals surface area contributed by atoms with E-state index in [-0.39, 0.29) is 25.0 Å². The Balaban J connectivity index is 1.73. The lowest BCUT2D eigenvalue weighted by Gasteiger charge is -2.13. The summed E-state index contributed by atoms with van der Waals surface area (Å²) in [6.07, 6.45) is -1.34. The van der Waals surface area contributed by atoms with E-state index < -0.39 is 18.8 Å². The smallest absolute Gasteiger partial charge is 0.367 e. The van der Waals surface area contributed by atoms with Crippen molar-refractivity contribution in [2.75, 3.05) is 6.61 Å². The second kappa shape index (κ2) is 11.2. The van der Waals surface area contributed by atoms with Gasteiger partial charge in [0.2, 0.25) is 11.8 Å². The normalized spacial score (nSPS) is 12.5. The Labute approximate surface area is 172 Å². The molecule has 0 aliphatic heterocycles. The molecule has 0 bridgehead atoms. The van der Waals surface area contributed by atoms with Crippen molar-refractivity contribution in [1.82, 2.24) is 10.6 Å². The minimum absolute atomic E-state index is 0.147. The van der Waals surface area contributed by atoms with Crippen molar-refractivity contribution in [3.05, 3.63) is 77.4 Å². The summed E-state index contributed by atoms with van der Waals surface area (Å²) in [6.45, 7) is 0.355. The number of carbonyl (C=O) groups is 2. The summed E-state index contributed by atoms with van der Waals surface area (Å²) in [5.74, 6) is -0.737. The van der Waals surface area contributed by atoms with Gasteiger partial charge in [0.25, 0.3) is 0 Å². The van der Waals surface area contributed by atoms with E-state index in [9.17, 15) is 22.8 Å². The highest BCUT2D eigenvalue weighted by Gasteiger charge is 2.27. The van der Waals surface area contributed by atoms with E-state index in [0.717, 1.165) is 11.1 Å². The number of benzene rings is 2. The van der Waals surface area contributed by atoms with Crippen molar-refractivity contribution in [3.8, 4) is 0 Å². The Morgan fingerprint density at radius 2 is 1.67 bits per heavy atom. The van der Waals surface area contributed by atoms with Crippen molar-refractivity contribution in [1.29, 1.82) is 0 Å². The maximum atomic E-state index is 12.2. The molecule has 0 radical (unpaired) electrons. The van der Waals surface area contributed by atoms with Gasteiger partial charge >= 0.3 is 6.18 Å². The molecule has 2 aromatic rings. The zero-order valence-corrected chi connectivity index (χ0v) is 16.4. The summed E-state index contributed by atoms with van der Waals surface area (Å²) >= 11 is 0. The molecule has 30 heavy (non-hydrogen) atoms. The highest BCUT2D eigenvalue weighted by Crippen LogP contribution is 2.15. The minimum atomic E-state index is -4.35. The predicted molar refractivity (Wildman–Crippen MR) is 107 cm³/mol. The maximum absolute atomic E-state index is 12.2. The van der Waals surface area contributed by atoms with Crippen LogP contribution in [0.25, 0.3) is 6.08 Å². The molecule has 2 N–H and O–H groups in total. The highest BCUT2D eigenvalue weighted by atomic mass is 19.4. The van der Waals surface area contributed by atoms with E-state index in [4.69, 9.17) is 0 Å². The molecule has 0 fully saturated rings. The standard InChI is InChI=1S/C22H23F3N2O3/c1-16(27-20(28)12-11-17-5-3-2-4-6-17)21(29)26-13-18-7-9-19(10-8-18)14-30-15-22(23,24)25/h2-12,16H,13-15H2,1H3,(H,26,29)(H,27,28)/b12-11+. The van der Waals surface area contributed by atoms with Gasteiger partial charge in [0.1, 0.15) is 12.6 Å². The fourth-order valence-corrected chi connectivity index (χ4v) is 2.44. The van der Waals surface area contributed by atoms with E-state index in [2.05, 4.69) is 15.4 Å². The molecular formula is C22H23F3N2O3. The van der Waals surface area contributed by atoms with Crippen LogP contribution in [0, 0.1) is 0 Å². The molecule has 0 aliphatic carbocycles. The molecule has 2 amide bonds. The predicted octanol–water partition coefficient (Wildman–Crippen LogP) is 3.60. The molecule has 5 nitrogen and oxygen atoms in total. The van der Waals surface area contributed by atoms with Gasteiger partial charge in [0.05, 0.1) is 6.61 Å². The number of halogens is 3. The average Bonchev–Trinajstić information content (AvgIpc) is 2.71. The molecule has 0 spiro atoms. The van der Waals surface area contributed by atoms with Gasteiger partial charge in [0, 0.05) is 12.6 Å². The number of rotatable bonds is 9. The minimum Gasteiger partial charge on any atom is -0.367 e. The second-order valence-electron chi connectivity index (χ2n) is 6.62. The van der Waals surface area contributed by atoms with Crippen molar-refractivity contribution < 1.29 is 27.5 Å². The molecular weight excluding hydrogens is 397 g/mol. The lowest BCUT2D eigenvalue weighted by atomic mass is 10.1. The van der Waals surface area contributed by atoms with Crippen molar-refractivity contribution in [2.45, 2.75) is 32.3 Å². The van der Waals surface area contributed by atoms with Crippen molar-refractivity contribution in [2.24, 2.45) is 0 Å². The number of amides is 2. The van der Waals surface area contributed by atoms with Gasteiger partial charge in [0.15, 0.2) is 0 Å². The van der Waals surface area contributed by atoms with Crippen LogP contribution >= 0.6 is 0 Å². The third-order valence-electron chi connectivity index (χ3n) is 4.00. The lowest BCUT2D eigenvalue weighted by Crippen LogP contribution is -2.44. The zero-order valence-electron chi connectivity index (χ0n) is 16.4. The summed E-state index contributed by atoms with van der Waals surface area (Å²) < 4.78 is 40.8. The number of nitrogens with one attached hydrogen (secondary N) is 2. The first kappa shape index (κ1) is 23.2. The summed E-state index contributed by atoms with van der Waals surface area (Å²) in [5, 5.41) is 5.29. The SMILES string of the molecule is CC(NC(=O)/C=C/c1ccccc1)C(=O)NCc1ccc(COCC(F)(F)F)cc1. The zero-order chi connectivity index (χ0) is 22.0. The molecule has 1 atom stereocenters. The van der Waals surface area contributed by atoms with Gasteiger partial charge in [-0.05, 0) is 29.7 Å². The van der Waals surface area contributed by atoms with E-state index in [1.54, 1.807) is 37.3 Å². The summed E-state index contributed by atoms with van der Waals surface area (Å²) in [4.78, 5) is 24.1. The Hall–Kier alpha value is -3.13. The van der Waals surface area contributed by atoms with Crippen LogP contribution in [0.1, 0.15) is 23.6 Å². The van der Waals surface area contributed by atoms with E-state index in [1.807, 2.05) is 30.3 Å². The van der Waals surface area contributed by atoms with Crippen molar-refractivity contribution in [3.63, 3.8) is 0 Å². The third-order valence-corrected chi connectivity index (χ3v) is 4.00. The number of hydrogen-bond acceptors (Lipinski definition) is 3. The van der Waals surface area contributed by atoms with Crippen LogP contribution in [0.5, 0.6) is 0 Å².